The Labute approximate surface area is 167 Å². The van der Waals surface area contributed by atoms with Crippen molar-refractivity contribution >= 4 is 33.7 Å². The van der Waals surface area contributed by atoms with E-state index in [9.17, 15) is 0 Å². The first-order chi connectivity index (χ1) is 14.2. The number of aryl methyl sites for hydroxylation is 1. The number of nitrogens with one attached hydrogen (secondary N) is 3. The molecule has 0 aliphatic heterocycles. The second-order valence-corrected chi connectivity index (χ2v) is 6.96. The van der Waals surface area contributed by atoms with Crippen molar-refractivity contribution < 1.29 is 0 Å². The lowest BCUT2D eigenvalue weighted by molar-refractivity contribution is 0.951. The Morgan fingerprint density at radius 3 is 2.72 bits per heavy atom. The Balaban J connectivity index is 1.52. The third-order valence-corrected chi connectivity index (χ3v) is 5.02. The number of imidazole rings is 1. The molecule has 0 fully saturated rings. The molecule has 3 N–H and O–H groups in total. The molecule has 0 unspecified atom stereocenters. The van der Waals surface area contributed by atoms with E-state index in [1.54, 1.807) is 0 Å². The molecule has 0 bridgehead atoms. The van der Waals surface area contributed by atoms with Gasteiger partial charge in [0.25, 0.3) is 0 Å². The molecule has 0 aliphatic carbocycles. The minimum absolute atomic E-state index is 0.729. The standard InChI is InChI=1S/C22H21N7/c1-23-22-19-20(29(2)13-25-19)15-11-17(27-21(15)28-22)16-9-6-10-18(26-16)24-12-14-7-4-3-5-8-14/h3-11,13H,12H2,1-2H3,(H,24,26)(H2,23,27,28). The summed E-state index contributed by atoms with van der Waals surface area (Å²) in [6.07, 6.45) is 1.81. The topological polar surface area (TPSA) is 83.4 Å². The summed E-state index contributed by atoms with van der Waals surface area (Å²) in [5, 5.41) is 7.55. The minimum Gasteiger partial charge on any atom is -0.371 e. The van der Waals surface area contributed by atoms with Crippen LogP contribution < -0.4 is 10.6 Å². The predicted octanol–water partition coefficient (Wildman–Crippen LogP) is 4.17. The third-order valence-electron chi connectivity index (χ3n) is 5.02. The zero-order valence-electron chi connectivity index (χ0n) is 16.3. The normalized spacial score (nSPS) is 11.2. The first kappa shape index (κ1) is 17.2. The van der Waals surface area contributed by atoms with E-state index in [1.165, 1.54) is 5.56 Å². The molecule has 1 aromatic carbocycles. The van der Waals surface area contributed by atoms with Gasteiger partial charge in [-0.05, 0) is 23.8 Å². The van der Waals surface area contributed by atoms with Crippen LogP contribution in [0.5, 0.6) is 0 Å². The minimum atomic E-state index is 0.729. The van der Waals surface area contributed by atoms with E-state index in [1.807, 2.05) is 61.4 Å². The van der Waals surface area contributed by atoms with E-state index < -0.39 is 0 Å². The van der Waals surface area contributed by atoms with Crippen molar-refractivity contribution in [3.8, 4) is 11.4 Å². The van der Waals surface area contributed by atoms with Crippen molar-refractivity contribution in [1.82, 2.24) is 24.5 Å². The fourth-order valence-corrected chi connectivity index (χ4v) is 3.58. The molecule has 0 saturated heterocycles. The molecular formula is C22H21N7. The van der Waals surface area contributed by atoms with Gasteiger partial charge in [-0.1, -0.05) is 36.4 Å². The molecule has 0 spiro atoms. The Hall–Kier alpha value is -3.87. The lowest BCUT2D eigenvalue weighted by atomic mass is 10.2. The third kappa shape index (κ3) is 3.06. The van der Waals surface area contributed by atoms with Crippen molar-refractivity contribution in [3.05, 3.63) is 66.5 Å². The number of rotatable bonds is 5. The number of H-pyrrole nitrogens is 1. The van der Waals surface area contributed by atoms with Crippen LogP contribution in [0.1, 0.15) is 5.56 Å². The van der Waals surface area contributed by atoms with Crippen LogP contribution in [-0.2, 0) is 13.6 Å². The Morgan fingerprint density at radius 1 is 1.03 bits per heavy atom. The number of nitrogens with zero attached hydrogens (tertiary/aromatic N) is 4. The summed E-state index contributed by atoms with van der Waals surface area (Å²) in [6.45, 7) is 0.729. The maximum Gasteiger partial charge on any atom is 0.156 e. The number of anilines is 2. The molecule has 4 aromatic heterocycles. The maximum atomic E-state index is 4.78. The molecule has 7 nitrogen and oxygen atoms in total. The monoisotopic (exact) mass is 383 g/mol. The zero-order valence-corrected chi connectivity index (χ0v) is 16.3. The summed E-state index contributed by atoms with van der Waals surface area (Å²) in [6, 6.07) is 18.4. The van der Waals surface area contributed by atoms with Gasteiger partial charge in [-0.2, -0.15) is 0 Å². The molecule has 7 heteroatoms. The highest BCUT2D eigenvalue weighted by Gasteiger charge is 2.15. The van der Waals surface area contributed by atoms with Crippen LogP contribution in [0.3, 0.4) is 0 Å². The van der Waals surface area contributed by atoms with Crippen LogP contribution in [0.15, 0.2) is 60.9 Å². The van der Waals surface area contributed by atoms with Gasteiger partial charge in [0.15, 0.2) is 5.82 Å². The molecule has 4 heterocycles. The van der Waals surface area contributed by atoms with E-state index in [2.05, 4.69) is 38.8 Å². The van der Waals surface area contributed by atoms with Crippen molar-refractivity contribution in [1.29, 1.82) is 0 Å². The molecule has 0 radical (unpaired) electrons. The van der Waals surface area contributed by atoms with Crippen LogP contribution in [-0.4, -0.2) is 31.6 Å². The van der Waals surface area contributed by atoms with Crippen LogP contribution in [0.2, 0.25) is 0 Å². The molecule has 144 valence electrons. The van der Waals surface area contributed by atoms with Crippen molar-refractivity contribution in [2.24, 2.45) is 7.05 Å². The highest BCUT2D eigenvalue weighted by Crippen LogP contribution is 2.31. The number of hydrogen-bond acceptors (Lipinski definition) is 5. The van der Waals surface area contributed by atoms with Gasteiger partial charge in [0, 0.05) is 26.0 Å². The highest BCUT2D eigenvalue weighted by molar-refractivity contribution is 6.07. The van der Waals surface area contributed by atoms with E-state index in [-0.39, 0.29) is 0 Å². The summed E-state index contributed by atoms with van der Waals surface area (Å²) < 4.78 is 2.02. The smallest absolute Gasteiger partial charge is 0.156 e. The summed E-state index contributed by atoms with van der Waals surface area (Å²) in [7, 11) is 3.85. The molecule has 29 heavy (non-hydrogen) atoms. The molecule has 0 amide bonds. The van der Waals surface area contributed by atoms with E-state index >= 15 is 0 Å². The summed E-state index contributed by atoms with van der Waals surface area (Å²) >= 11 is 0. The van der Waals surface area contributed by atoms with Gasteiger partial charge in [-0.15, -0.1) is 0 Å². The molecule has 5 aromatic rings. The second-order valence-electron chi connectivity index (χ2n) is 6.96. The zero-order chi connectivity index (χ0) is 19.8. The molecule has 0 aliphatic rings. The maximum absolute atomic E-state index is 4.78. The number of aromatic nitrogens is 5. The first-order valence-electron chi connectivity index (χ1n) is 9.49. The summed E-state index contributed by atoms with van der Waals surface area (Å²) in [4.78, 5) is 17.4. The van der Waals surface area contributed by atoms with Crippen molar-refractivity contribution in [2.45, 2.75) is 6.54 Å². The van der Waals surface area contributed by atoms with Crippen LogP contribution >= 0.6 is 0 Å². The van der Waals surface area contributed by atoms with Gasteiger partial charge < -0.3 is 20.2 Å². The lowest BCUT2D eigenvalue weighted by Gasteiger charge is -2.07. The largest absolute Gasteiger partial charge is 0.371 e. The van der Waals surface area contributed by atoms with Crippen molar-refractivity contribution in [2.75, 3.05) is 17.7 Å². The number of fused-ring (bicyclic) bond motifs is 3. The first-order valence-corrected chi connectivity index (χ1v) is 9.49. The number of hydrogen-bond donors (Lipinski definition) is 3. The van der Waals surface area contributed by atoms with Gasteiger partial charge >= 0.3 is 0 Å². The van der Waals surface area contributed by atoms with Gasteiger partial charge in [0.1, 0.15) is 17.0 Å². The molecule has 5 rings (SSSR count). The van der Waals surface area contributed by atoms with Crippen LogP contribution in [0, 0.1) is 0 Å². The average molecular weight is 383 g/mol. The van der Waals surface area contributed by atoms with E-state index in [0.29, 0.717) is 0 Å². The van der Waals surface area contributed by atoms with Gasteiger partial charge in [0.05, 0.1) is 23.2 Å². The Kier molecular flexibility index (Phi) is 4.13. The summed E-state index contributed by atoms with van der Waals surface area (Å²) in [5.41, 5.74) is 5.71. The quantitative estimate of drug-likeness (QED) is 0.424. The summed E-state index contributed by atoms with van der Waals surface area (Å²) in [5.74, 6) is 1.59. The fourth-order valence-electron chi connectivity index (χ4n) is 3.58. The number of benzene rings is 1. The van der Waals surface area contributed by atoms with Crippen molar-refractivity contribution in [3.63, 3.8) is 0 Å². The average Bonchev–Trinajstić information content (AvgIpc) is 3.36. The molecular weight excluding hydrogens is 362 g/mol. The highest BCUT2D eigenvalue weighted by atomic mass is 15.1. The van der Waals surface area contributed by atoms with Gasteiger partial charge in [0.2, 0.25) is 0 Å². The lowest BCUT2D eigenvalue weighted by Crippen LogP contribution is -2.01. The van der Waals surface area contributed by atoms with Crippen LogP contribution in [0.25, 0.3) is 33.5 Å². The molecule has 0 atom stereocenters. The van der Waals surface area contributed by atoms with Crippen LogP contribution in [0.4, 0.5) is 11.6 Å². The number of pyridine rings is 2. The fraction of sp³-hybridized carbons (Fsp3) is 0.136. The molecule has 0 saturated carbocycles. The van der Waals surface area contributed by atoms with Gasteiger partial charge in [-0.3, -0.25) is 0 Å². The van der Waals surface area contributed by atoms with E-state index in [4.69, 9.17) is 9.97 Å². The van der Waals surface area contributed by atoms with Gasteiger partial charge in [-0.25, -0.2) is 15.0 Å². The Bertz CT molecular complexity index is 1300. The SMILES string of the molecule is CNc1nc2[nH]c(-c3cccc(NCc4ccccc4)n3)cc2c2c1ncn2C. The second kappa shape index (κ2) is 6.94. The Morgan fingerprint density at radius 2 is 1.90 bits per heavy atom. The van der Waals surface area contributed by atoms with E-state index in [0.717, 1.165) is 51.6 Å². The number of aromatic amines is 1. The predicted molar refractivity (Wildman–Crippen MR) is 117 cm³/mol.